The number of nitrogens with zero attached hydrogens (tertiary/aromatic N) is 2. The zero-order valence-electron chi connectivity index (χ0n) is 9.47. The number of hydrogen-bond donors (Lipinski definition) is 2. The van der Waals surface area contributed by atoms with Crippen LogP contribution in [0.15, 0.2) is 30.5 Å². The Bertz CT molecular complexity index is 507. The Balaban J connectivity index is 2.14. The summed E-state index contributed by atoms with van der Waals surface area (Å²) in [6.07, 6.45) is 1.20. The SMILES string of the molecule is Cn1ncc(C(O)Cc2ccc(F)cc2)c1N. The van der Waals surface area contributed by atoms with Crippen LogP contribution in [0, 0.1) is 5.82 Å². The van der Waals surface area contributed by atoms with Gasteiger partial charge in [-0.3, -0.25) is 4.68 Å². The molecule has 0 amide bonds. The van der Waals surface area contributed by atoms with Gasteiger partial charge in [-0.2, -0.15) is 5.10 Å². The van der Waals surface area contributed by atoms with Crippen molar-refractivity contribution in [3.05, 3.63) is 47.4 Å². The standard InChI is InChI=1S/C12H14FN3O/c1-16-12(14)10(7-15-16)11(17)6-8-2-4-9(13)5-3-8/h2-5,7,11,17H,6,14H2,1H3. The quantitative estimate of drug-likeness (QED) is 0.845. The first kappa shape index (κ1) is 11.6. The van der Waals surface area contributed by atoms with E-state index in [-0.39, 0.29) is 5.82 Å². The third-order valence-electron chi connectivity index (χ3n) is 2.72. The van der Waals surface area contributed by atoms with Crippen LogP contribution in [0.4, 0.5) is 10.2 Å². The van der Waals surface area contributed by atoms with Gasteiger partial charge in [-0.25, -0.2) is 4.39 Å². The van der Waals surface area contributed by atoms with E-state index in [4.69, 9.17) is 5.73 Å². The topological polar surface area (TPSA) is 64.1 Å². The average molecular weight is 235 g/mol. The van der Waals surface area contributed by atoms with Crippen LogP contribution in [0.25, 0.3) is 0 Å². The fourth-order valence-electron chi connectivity index (χ4n) is 1.67. The van der Waals surface area contributed by atoms with Crippen molar-refractivity contribution in [1.29, 1.82) is 0 Å². The summed E-state index contributed by atoms with van der Waals surface area (Å²) < 4.78 is 14.2. The van der Waals surface area contributed by atoms with Crippen LogP contribution in [0.1, 0.15) is 17.2 Å². The van der Waals surface area contributed by atoms with Gasteiger partial charge in [-0.1, -0.05) is 12.1 Å². The molecule has 2 rings (SSSR count). The molecule has 0 aliphatic rings. The number of rotatable bonds is 3. The van der Waals surface area contributed by atoms with E-state index in [0.717, 1.165) is 5.56 Å². The lowest BCUT2D eigenvalue weighted by Crippen LogP contribution is -2.06. The molecule has 5 heteroatoms. The van der Waals surface area contributed by atoms with Gasteiger partial charge in [-0.15, -0.1) is 0 Å². The van der Waals surface area contributed by atoms with Crippen molar-refractivity contribution in [2.24, 2.45) is 7.05 Å². The number of halogens is 1. The Kier molecular flexibility index (Phi) is 3.10. The molecule has 1 aromatic heterocycles. The molecule has 1 atom stereocenters. The van der Waals surface area contributed by atoms with Gasteiger partial charge in [0.05, 0.1) is 12.3 Å². The number of aliphatic hydroxyl groups is 1. The van der Waals surface area contributed by atoms with Gasteiger partial charge in [0.25, 0.3) is 0 Å². The number of aryl methyl sites for hydroxylation is 1. The number of nitrogens with two attached hydrogens (primary N) is 1. The van der Waals surface area contributed by atoms with Crippen molar-refractivity contribution in [3.63, 3.8) is 0 Å². The molecule has 0 radical (unpaired) electrons. The highest BCUT2D eigenvalue weighted by molar-refractivity contribution is 5.40. The molecule has 4 nitrogen and oxygen atoms in total. The lowest BCUT2D eigenvalue weighted by atomic mass is 10.0. The second kappa shape index (κ2) is 4.55. The van der Waals surface area contributed by atoms with Crippen LogP contribution < -0.4 is 5.73 Å². The van der Waals surface area contributed by atoms with E-state index in [9.17, 15) is 9.50 Å². The van der Waals surface area contributed by atoms with Gasteiger partial charge >= 0.3 is 0 Å². The monoisotopic (exact) mass is 235 g/mol. The Labute approximate surface area is 98.5 Å². The second-order valence-corrected chi connectivity index (χ2v) is 3.96. The molecule has 0 spiro atoms. The molecule has 0 aliphatic carbocycles. The number of anilines is 1. The van der Waals surface area contributed by atoms with E-state index in [1.54, 1.807) is 25.4 Å². The van der Waals surface area contributed by atoms with Crippen LogP contribution in [0.2, 0.25) is 0 Å². The minimum absolute atomic E-state index is 0.288. The fraction of sp³-hybridized carbons (Fsp3) is 0.250. The van der Waals surface area contributed by atoms with Gasteiger partial charge < -0.3 is 10.8 Å². The molecule has 2 aromatic rings. The Morgan fingerprint density at radius 3 is 2.59 bits per heavy atom. The van der Waals surface area contributed by atoms with Crippen molar-refractivity contribution in [3.8, 4) is 0 Å². The molecule has 1 aromatic carbocycles. The molecular weight excluding hydrogens is 221 g/mol. The molecule has 17 heavy (non-hydrogen) atoms. The number of nitrogen functional groups attached to an aromatic ring is 1. The molecular formula is C12H14FN3O. The first-order valence-corrected chi connectivity index (χ1v) is 5.28. The molecule has 1 unspecified atom stereocenters. The highest BCUT2D eigenvalue weighted by atomic mass is 19.1. The molecule has 1 heterocycles. The zero-order valence-corrected chi connectivity index (χ0v) is 9.47. The van der Waals surface area contributed by atoms with Crippen LogP contribution in [-0.2, 0) is 13.5 Å². The summed E-state index contributed by atoms with van der Waals surface area (Å²) in [7, 11) is 1.71. The zero-order chi connectivity index (χ0) is 12.4. The third-order valence-corrected chi connectivity index (χ3v) is 2.72. The highest BCUT2D eigenvalue weighted by Crippen LogP contribution is 2.22. The number of hydrogen-bond acceptors (Lipinski definition) is 3. The van der Waals surface area contributed by atoms with E-state index in [2.05, 4.69) is 5.10 Å². The lowest BCUT2D eigenvalue weighted by molar-refractivity contribution is 0.179. The number of aromatic nitrogens is 2. The molecule has 0 saturated heterocycles. The van der Waals surface area contributed by atoms with Crippen molar-refractivity contribution < 1.29 is 9.50 Å². The van der Waals surface area contributed by atoms with Crippen LogP contribution >= 0.6 is 0 Å². The van der Waals surface area contributed by atoms with Crippen LogP contribution in [-0.4, -0.2) is 14.9 Å². The smallest absolute Gasteiger partial charge is 0.127 e. The van der Waals surface area contributed by atoms with Gasteiger partial charge in [0.15, 0.2) is 0 Å². The van der Waals surface area contributed by atoms with E-state index in [1.807, 2.05) is 0 Å². The van der Waals surface area contributed by atoms with Crippen molar-refractivity contribution in [2.45, 2.75) is 12.5 Å². The van der Waals surface area contributed by atoms with Gasteiger partial charge in [0, 0.05) is 19.0 Å². The molecule has 3 N–H and O–H groups in total. The first-order valence-electron chi connectivity index (χ1n) is 5.28. The minimum atomic E-state index is -0.728. The maximum Gasteiger partial charge on any atom is 0.127 e. The number of aliphatic hydroxyl groups excluding tert-OH is 1. The van der Waals surface area contributed by atoms with Gasteiger partial charge in [0.2, 0.25) is 0 Å². The normalized spacial score (nSPS) is 12.6. The van der Waals surface area contributed by atoms with E-state index >= 15 is 0 Å². The Hall–Kier alpha value is -1.88. The summed E-state index contributed by atoms with van der Waals surface area (Å²) in [6.45, 7) is 0. The molecule has 0 fully saturated rings. The van der Waals surface area contributed by atoms with Crippen molar-refractivity contribution in [2.75, 3.05) is 5.73 Å². The van der Waals surface area contributed by atoms with Gasteiger partial charge in [0.1, 0.15) is 11.6 Å². The molecule has 90 valence electrons. The fourth-order valence-corrected chi connectivity index (χ4v) is 1.67. The summed E-state index contributed by atoms with van der Waals surface area (Å²) in [5, 5.41) is 14.0. The predicted octanol–water partition coefficient (Wildman–Crippen LogP) is 1.42. The van der Waals surface area contributed by atoms with Crippen molar-refractivity contribution >= 4 is 5.82 Å². The largest absolute Gasteiger partial charge is 0.388 e. The molecule has 0 bridgehead atoms. The molecule has 0 aliphatic heterocycles. The van der Waals surface area contributed by atoms with Crippen molar-refractivity contribution in [1.82, 2.24) is 9.78 Å². The summed E-state index contributed by atoms with van der Waals surface area (Å²) >= 11 is 0. The average Bonchev–Trinajstić information content (AvgIpc) is 2.63. The Morgan fingerprint density at radius 2 is 2.06 bits per heavy atom. The second-order valence-electron chi connectivity index (χ2n) is 3.96. The summed E-state index contributed by atoms with van der Waals surface area (Å²) in [5.41, 5.74) is 7.21. The van der Waals surface area contributed by atoms with Crippen LogP contribution in [0.5, 0.6) is 0 Å². The maximum absolute atomic E-state index is 12.7. The maximum atomic E-state index is 12.7. The Morgan fingerprint density at radius 1 is 1.41 bits per heavy atom. The van der Waals surface area contributed by atoms with E-state index in [0.29, 0.717) is 17.8 Å². The third kappa shape index (κ3) is 2.45. The van der Waals surface area contributed by atoms with E-state index in [1.165, 1.54) is 16.8 Å². The predicted molar refractivity (Wildman–Crippen MR) is 62.7 cm³/mol. The van der Waals surface area contributed by atoms with Gasteiger partial charge in [-0.05, 0) is 17.7 Å². The summed E-state index contributed by atoms with van der Waals surface area (Å²) in [6, 6.07) is 6.03. The summed E-state index contributed by atoms with van der Waals surface area (Å²) in [4.78, 5) is 0. The summed E-state index contributed by atoms with van der Waals surface area (Å²) in [5.74, 6) is 0.156. The first-order chi connectivity index (χ1) is 8.08. The minimum Gasteiger partial charge on any atom is -0.388 e. The lowest BCUT2D eigenvalue weighted by Gasteiger charge is -2.10. The van der Waals surface area contributed by atoms with E-state index < -0.39 is 6.10 Å². The highest BCUT2D eigenvalue weighted by Gasteiger charge is 2.15. The number of benzene rings is 1. The molecule has 0 saturated carbocycles. The van der Waals surface area contributed by atoms with Crippen LogP contribution in [0.3, 0.4) is 0 Å².